The molecule has 0 nitrogen and oxygen atoms in total. The lowest BCUT2D eigenvalue weighted by atomic mass is 9.89. The average molecular weight is 421 g/mol. The molecule has 4 aromatic rings. The number of hydrogen-bond acceptors (Lipinski definition) is 0. The van der Waals surface area contributed by atoms with Gasteiger partial charge in [-0.15, -0.1) is 0 Å². The van der Waals surface area contributed by atoms with E-state index in [-0.39, 0.29) is 0 Å². The smallest absolute Gasteiger partial charge is 0.0633 e. The van der Waals surface area contributed by atoms with Crippen molar-refractivity contribution >= 4 is 19.9 Å². The summed E-state index contributed by atoms with van der Waals surface area (Å²) < 4.78 is 0. The van der Waals surface area contributed by atoms with Gasteiger partial charge in [-0.3, -0.25) is 0 Å². The Morgan fingerprint density at radius 1 is 0.484 bits per heavy atom. The molecule has 0 aliphatic carbocycles. The van der Waals surface area contributed by atoms with Crippen molar-refractivity contribution in [3.05, 3.63) is 106 Å². The Labute approximate surface area is 189 Å². The first-order valence-corrected chi connectivity index (χ1v) is 12.6. The van der Waals surface area contributed by atoms with Crippen LogP contribution >= 0.6 is 0 Å². The molecule has 0 fully saturated rings. The molecule has 0 aliphatic rings. The van der Waals surface area contributed by atoms with E-state index in [0.717, 1.165) is 0 Å². The summed E-state index contributed by atoms with van der Waals surface area (Å²) in [5.41, 5.74) is 13.8. The van der Waals surface area contributed by atoms with Crippen LogP contribution in [-0.4, -0.2) is 9.52 Å². The van der Waals surface area contributed by atoms with Crippen LogP contribution in [0.2, 0.25) is 0 Å². The van der Waals surface area contributed by atoms with Crippen molar-refractivity contribution in [3.63, 3.8) is 0 Å². The van der Waals surface area contributed by atoms with Crippen molar-refractivity contribution in [3.8, 4) is 22.3 Å². The lowest BCUT2D eigenvalue weighted by Crippen LogP contribution is -2.30. The van der Waals surface area contributed by atoms with Gasteiger partial charge in [0.15, 0.2) is 0 Å². The Hall–Kier alpha value is -2.90. The highest BCUT2D eigenvalue weighted by molar-refractivity contribution is 6.70. The Balaban J connectivity index is 2.03. The predicted molar refractivity (Wildman–Crippen MR) is 140 cm³/mol. The van der Waals surface area contributed by atoms with Crippen LogP contribution in [0.3, 0.4) is 0 Å². The molecule has 0 N–H and O–H groups in total. The molecule has 0 radical (unpaired) electrons. The normalized spacial score (nSPS) is 11.4. The predicted octanol–water partition coefficient (Wildman–Crippen LogP) is 5.99. The fourth-order valence-electron chi connectivity index (χ4n) is 5.26. The van der Waals surface area contributed by atoms with Gasteiger partial charge in [-0.05, 0) is 91.2 Å². The third kappa shape index (κ3) is 4.29. The highest BCUT2D eigenvalue weighted by Gasteiger charge is 2.18. The number of benzene rings is 4. The van der Waals surface area contributed by atoms with Crippen molar-refractivity contribution in [2.75, 3.05) is 0 Å². The summed E-state index contributed by atoms with van der Waals surface area (Å²) in [5, 5.41) is 3.04. The SMILES string of the molecule is Cc1cc(C)c(-c2cccc(-c3c(C)cc(C)cc3C)c2[SiH2]c2ccccc2)c(C)c1. The summed E-state index contributed by atoms with van der Waals surface area (Å²) in [5.74, 6) is 0. The van der Waals surface area contributed by atoms with Gasteiger partial charge >= 0.3 is 0 Å². The molecule has 0 unspecified atom stereocenters. The van der Waals surface area contributed by atoms with Gasteiger partial charge in [0.2, 0.25) is 0 Å². The molecule has 0 saturated carbocycles. The summed E-state index contributed by atoms with van der Waals surface area (Å²) in [6, 6.07) is 27.3. The van der Waals surface area contributed by atoms with E-state index >= 15 is 0 Å². The Bertz CT molecular complexity index is 1130. The van der Waals surface area contributed by atoms with Crippen molar-refractivity contribution in [1.29, 1.82) is 0 Å². The maximum absolute atomic E-state index is 2.35. The highest BCUT2D eigenvalue weighted by atomic mass is 28.2. The highest BCUT2D eigenvalue weighted by Crippen LogP contribution is 2.33. The Morgan fingerprint density at radius 3 is 1.32 bits per heavy atom. The maximum Gasteiger partial charge on any atom is 0.0891 e. The Morgan fingerprint density at radius 2 is 0.903 bits per heavy atom. The molecule has 0 aliphatic heterocycles. The van der Waals surface area contributed by atoms with Crippen LogP contribution in [-0.2, 0) is 0 Å². The van der Waals surface area contributed by atoms with Gasteiger partial charge in [0.25, 0.3) is 0 Å². The van der Waals surface area contributed by atoms with Crippen LogP contribution in [0.25, 0.3) is 22.3 Å². The third-order valence-electron chi connectivity index (χ3n) is 6.29. The van der Waals surface area contributed by atoms with Crippen molar-refractivity contribution in [2.45, 2.75) is 41.5 Å². The van der Waals surface area contributed by atoms with Crippen LogP contribution < -0.4 is 10.4 Å². The quantitative estimate of drug-likeness (QED) is 0.356. The molecule has 0 bridgehead atoms. The summed E-state index contributed by atoms with van der Waals surface area (Å²) in [6.07, 6.45) is 0. The van der Waals surface area contributed by atoms with Gasteiger partial charge in [-0.1, -0.05) is 89.1 Å². The number of aryl methyl sites for hydroxylation is 6. The first kappa shape index (κ1) is 21.3. The molecule has 156 valence electrons. The van der Waals surface area contributed by atoms with Crippen molar-refractivity contribution in [1.82, 2.24) is 0 Å². The van der Waals surface area contributed by atoms with E-state index in [1.54, 1.807) is 5.19 Å². The molecule has 4 rings (SSSR count). The summed E-state index contributed by atoms with van der Waals surface area (Å²) >= 11 is 0. The van der Waals surface area contributed by atoms with E-state index in [4.69, 9.17) is 0 Å². The van der Waals surface area contributed by atoms with Crippen molar-refractivity contribution < 1.29 is 0 Å². The number of rotatable bonds is 4. The zero-order chi connectivity index (χ0) is 22.1. The van der Waals surface area contributed by atoms with E-state index in [2.05, 4.69) is 114 Å². The molecule has 0 spiro atoms. The second kappa shape index (κ2) is 8.68. The topological polar surface area (TPSA) is 0 Å². The van der Waals surface area contributed by atoms with Gasteiger partial charge in [0.1, 0.15) is 0 Å². The molecule has 1 heteroatoms. The minimum Gasteiger partial charge on any atom is -0.0633 e. The first-order chi connectivity index (χ1) is 14.8. The lowest BCUT2D eigenvalue weighted by Gasteiger charge is -2.21. The fraction of sp³-hybridized carbons (Fsp3) is 0.200. The molecular formula is C30H32Si. The molecule has 0 heterocycles. The van der Waals surface area contributed by atoms with Gasteiger partial charge in [0.05, 0.1) is 9.52 Å². The van der Waals surface area contributed by atoms with Crippen LogP contribution in [0.5, 0.6) is 0 Å². The van der Waals surface area contributed by atoms with Gasteiger partial charge in [-0.2, -0.15) is 0 Å². The molecule has 4 aromatic carbocycles. The van der Waals surface area contributed by atoms with Crippen LogP contribution in [0, 0.1) is 41.5 Å². The molecule has 0 amide bonds. The summed E-state index contributed by atoms with van der Waals surface area (Å²) in [4.78, 5) is 0. The van der Waals surface area contributed by atoms with E-state index in [0.29, 0.717) is 0 Å². The van der Waals surface area contributed by atoms with Gasteiger partial charge < -0.3 is 0 Å². The van der Waals surface area contributed by atoms with Gasteiger partial charge in [0, 0.05) is 0 Å². The second-order valence-corrected chi connectivity index (χ2v) is 10.9. The van der Waals surface area contributed by atoms with Crippen molar-refractivity contribution in [2.24, 2.45) is 0 Å². The molecule has 0 aromatic heterocycles. The summed E-state index contributed by atoms with van der Waals surface area (Å²) in [6.45, 7) is 13.4. The van der Waals surface area contributed by atoms with Crippen LogP contribution in [0.4, 0.5) is 0 Å². The molecule has 0 atom stereocenters. The largest absolute Gasteiger partial charge is 0.0891 e. The number of hydrogen-bond donors (Lipinski definition) is 0. The van der Waals surface area contributed by atoms with E-state index in [9.17, 15) is 0 Å². The van der Waals surface area contributed by atoms with Gasteiger partial charge in [-0.25, -0.2) is 0 Å². The first-order valence-electron chi connectivity index (χ1n) is 11.2. The second-order valence-electron chi connectivity index (χ2n) is 9.04. The fourth-order valence-corrected chi connectivity index (χ4v) is 7.14. The zero-order valence-corrected chi connectivity index (χ0v) is 21.0. The molecule has 0 saturated heterocycles. The van der Waals surface area contributed by atoms with E-state index in [1.807, 2.05) is 0 Å². The minimum absolute atomic E-state index is 0.663. The minimum atomic E-state index is -0.663. The van der Waals surface area contributed by atoms with Crippen LogP contribution in [0.1, 0.15) is 33.4 Å². The summed E-state index contributed by atoms with van der Waals surface area (Å²) in [7, 11) is -0.663. The van der Waals surface area contributed by atoms with E-state index in [1.165, 1.54) is 60.8 Å². The van der Waals surface area contributed by atoms with Crippen LogP contribution in [0.15, 0.2) is 72.8 Å². The Kier molecular flexibility index (Phi) is 5.98. The van der Waals surface area contributed by atoms with E-state index < -0.39 is 9.52 Å². The lowest BCUT2D eigenvalue weighted by molar-refractivity contribution is 1.31. The molecular weight excluding hydrogens is 388 g/mol. The third-order valence-corrected chi connectivity index (χ3v) is 8.29. The maximum atomic E-state index is 2.35. The zero-order valence-electron chi connectivity index (χ0n) is 19.6. The monoisotopic (exact) mass is 420 g/mol. The standard InChI is InChI=1S/C30H32Si/c1-19-15-21(3)28(22(4)16-19)26-13-10-14-27(29-23(5)17-20(2)18-24(29)6)30(26)31-25-11-8-7-9-12-25/h7-18H,31H2,1-6H3. The molecule has 31 heavy (non-hydrogen) atoms. The average Bonchev–Trinajstić information content (AvgIpc) is 2.69.